The summed E-state index contributed by atoms with van der Waals surface area (Å²) in [6.45, 7) is 7.36. The van der Waals surface area contributed by atoms with Crippen molar-refractivity contribution >= 4 is 21.6 Å². The molecule has 1 aliphatic rings. The molecule has 1 heterocycles. The van der Waals surface area contributed by atoms with Gasteiger partial charge in [-0.05, 0) is 47.0 Å². The monoisotopic (exact) mass is 314 g/mol. The molecule has 2 rings (SSSR count). The Kier molecular flexibility index (Phi) is 4.28. The fourth-order valence-corrected chi connectivity index (χ4v) is 3.22. The van der Waals surface area contributed by atoms with E-state index in [1.807, 2.05) is 6.07 Å². The Morgan fingerprint density at radius 2 is 2.11 bits per heavy atom. The normalized spacial score (nSPS) is 19.0. The number of anilines is 1. The second-order valence-electron chi connectivity index (χ2n) is 4.93. The van der Waals surface area contributed by atoms with Crippen LogP contribution in [0.15, 0.2) is 22.7 Å². The highest BCUT2D eigenvalue weighted by Crippen LogP contribution is 2.30. The first-order valence-corrected chi connectivity index (χ1v) is 7.34. The smallest absolute Gasteiger partial charge is 0.124 e. The number of benzene rings is 1. The van der Waals surface area contributed by atoms with Gasteiger partial charge in [0.05, 0.1) is 5.69 Å². The van der Waals surface area contributed by atoms with Gasteiger partial charge in [-0.2, -0.15) is 0 Å². The van der Waals surface area contributed by atoms with Crippen LogP contribution in [0.25, 0.3) is 0 Å². The minimum Gasteiger partial charge on any atom is -0.367 e. The third kappa shape index (κ3) is 2.69. The van der Waals surface area contributed by atoms with Gasteiger partial charge < -0.3 is 10.2 Å². The number of rotatable bonds is 3. The molecule has 1 aromatic carbocycles. The van der Waals surface area contributed by atoms with Gasteiger partial charge in [-0.1, -0.05) is 13.8 Å². The summed E-state index contributed by atoms with van der Waals surface area (Å²) in [4.78, 5) is 2.34. The van der Waals surface area contributed by atoms with E-state index in [0.717, 1.165) is 42.6 Å². The molecule has 0 saturated carbocycles. The summed E-state index contributed by atoms with van der Waals surface area (Å²) < 4.78 is 14.0. The zero-order valence-corrected chi connectivity index (χ0v) is 12.6. The van der Waals surface area contributed by atoms with Crippen LogP contribution in [-0.4, -0.2) is 25.2 Å². The molecule has 1 aromatic rings. The molecular formula is C14H20BrFN2. The van der Waals surface area contributed by atoms with Crippen LogP contribution in [0, 0.1) is 5.82 Å². The molecule has 0 unspecified atom stereocenters. The van der Waals surface area contributed by atoms with Crippen molar-refractivity contribution in [2.75, 3.05) is 24.5 Å². The Labute approximate surface area is 117 Å². The number of hydrogen-bond acceptors (Lipinski definition) is 2. The summed E-state index contributed by atoms with van der Waals surface area (Å²) in [5, 5.41) is 3.63. The van der Waals surface area contributed by atoms with Crippen LogP contribution in [0.4, 0.5) is 10.1 Å². The van der Waals surface area contributed by atoms with Gasteiger partial charge in [0.15, 0.2) is 0 Å². The predicted octanol–water partition coefficient (Wildman–Crippen LogP) is 3.56. The van der Waals surface area contributed by atoms with Crippen LogP contribution >= 0.6 is 15.9 Å². The lowest BCUT2D eigenvalue weighted by molar-refractivity contribution is 0.277. The summed E-state index contributed by atoms with van der Waals surface area (Å²) in [7, 11) is 0. The number of piperazine rings is 1. The lowest BCUT2D eigenvalue weighted by atomic mass is 9.90. The lowest BCUT2D eigenvalue weighted by Gasteiger charge is -2.44. The Hall–Kier alpha value is -0.610. The molecule has 4 heteroatoms. The van der Waals surface area contributed by atoms with Gasteiger partial charge in [-0.25, -0.2) is 4.39 Å². The van der Waals surface area contributed by atoms with Crippen LogP contribution in [0.1, 0.15) is 26.7 Å². The van der Waals surface area contributed by atoms with Gasteiger partial charge in [0.1, 0.15) is 5.82 Å². The van der Waals surface area contributed by atoms with E-state index in [1.54, 1.807) is 0 Å². The summed E-state index contributed by atoms with van der Waals surface area (Å²) in [6.07, 6.45) is 2.22. The van der Waals surface area contributed by atoms with Gasteiger partial charge >= 0.3 is 0 Å². The van der Waals surface area contributed by atoms with Gasteiger partial charge in [0, 0.05) is 29.6 Å². The van der Waals surface area contributed by atoms with E-state index >= 15 is 0 Å². The van der Waals surface area contributed by atoms with Crippen LogP contribution in [0.2, 0.25) is 0 Å². The first-order valence-electron chi connectivity index (χ1n) is 6.55. The van der Waals surface area contributed by atoms with Crippen molar-refractivity contribution in [1.29, 1.82) is 0 Å². The van der Waals surface area contributed by atoms with Crippen LogP contribution in [0.5, 0.6) is 0 Å². The van der Waals surface area contributed by atoms with Crippen LogP contribution in [-0.2, 0) is 0 Å². The molecule has 2 nitrogen and oxygen atoms in total. The van der Waals surface area contributed by atoms with E-state index < -0.39 is 0 Å². The van der Waals surface area contributed by atoms with Gasteiger partial charge in [0.25, 0.3) is 0 Å². The topological polar surface area (TPSA) is 15.3 Å². The van der Waals surface area contributed by atoms with E-state index in [9.17, 15) is 4.39 Å². The first-order chi connectivity index (χ1) is 8.60. The molecule has 0 spiro atoms. The standard InChI is InChI=1S/C14H20BrFN2/c1-3-14(4-2)10-18(8-7-17-14)13-6-5-11(16)9-12(13)15/h5-6,9,17H,3-4,7-8,10H2,1-2H3. The second-order valence-corrected chi connectivity index (χ2v) is 5.79. The Balaban J connectivity index is 2.23. The third-order valence-corrected chi connectivity index (χ3v) is 4.61. The largest absolute Gasteiger partial charge is 0.367 e. The average molecular weight is 315 g/mol. The highest BCUT2D eigenvalue weighted by atomic mass is 79.9. The van der Waals surface area contributed by atoms with Crippen molar-refractivity contribution in [1.82, 2.24) is 5.32 Å². The molecular weight excluding hydrogens is 295 g/mol. The zero-order chi connectivity index (χ0) is 13.2. The van der Waals surface area contributed by atoms with E-state index in [4.69, 9.17) is 0 Å². The Morgan fingerprint density at radius 1 is 1.39 bits per heavy atom. The number of hydrogen-bond donors (Lipinski definition) is 1. The van der Waals surface area contributed by atoms with Crippen LogP contribution < -0.4 is 10.2 Å². The summed E-state index contributed by atoms with van der Waals surface area (Å²) >= 11 is 3.46. The molecule has 1 fully saturated rings. The number of nitrogens with one attached hydrogen (secondary N) is 1. The fourth-order valence-electron chi connectivity index (χ4n) is 2.62. The van der Waals surface area contributed by atoms with Crippen molar-refractivity contribution in [2.45, 2.75) is 32.2 Å². The maximum Gasteiger partial charge on any atom is 0.124 e. The molecule has 100 valence electrons. The van der Waals surface area contributed by atoms with E-state index in [1.165, 1.54) is 12.1 Å². The third-order valence-electron chi connectivity index (χ3n) is 3.98. The molecule has 1 N–H and O–H groups in total. The Bertz CT molecular complexity index is 418. The molecule has 1 aliphatic heterocycles. The minimum atomic E-state index is -0.196. The quantitative estimate of drug-likeness (QED) is 0.917. The van der Waals surface area contributed by atoms with Crippen molar-refractivity contribution in [3.05, 3.63) is 28.5 Å². The average Bonchev–Trinajstić information content (AvgIpc) is 2.38. The van der Waals surface area contributed by atoms with E-state index in [0.29, 0.717) is 0 Å². The first kappa shape index (κ1) is 13.8. The SMILES string of the molecule is CCC1(CC)CN(c2ccc(F)cc2Br)CCN1. The number of halogens is 2. The summed E-state index contributed by atoms with van der Waals surface area (Å²) in [5.74, 6) is -0.196. The van der Waals surface area contributed by atoms with Gasteiger partial charge in [0.2, 0.25) is 0 Å². The highest BCUT2D eigenvalue weighted by Gasteiger charge is 2.32. The van der Waals surface area contributed by atoms with E-state index in [-0.39, 0.29) is 11.4 Å². The molecule has 1 saturated heterocycles. The highest BCUT2D eigenvalue weighted by molar-refractivity contribution is 9.10. The molecule has 0 aliphatic carbocycles. The molecule has 0 amide bonds. The molecule has 0 bridgehead atoms. The van der Waals surface area contributed by atoms with Crippen LogP contribution in [0.3, 0.4) is 0 Å². The van der Waals surface area contributed by atoms with Crippen molar-refractivity contribution < 1.29 is 4.39 Å². The van der Waals surface area contributed by atoms with Gasteiger partial charge in [-0.3, -0.25) is 0 Å². The maximum atomic E-state index is 13.1. The van der Waals surface area contributed by atoms with Crippen molar-refractivity contribution in [3.63, 3.8) is 0 Å². The minimum absolute atomic E-state index is 0.187. The summed E-state index contributed by atoms with van der Waals surface area (Å²) in [5.41, 5.74) is 1.27. The second kappa shape index (κ2) is 5.57. The van der Waals surface area contributed by atoms with Gasteiger partial charge in [-0.15, -0.1) is 0 Å². The zero-order valence-electron chi connectivity index (χ0n) is 11.0. The lowest BCUT2D eigenvalue weighted by Crippen LogP contribution is -2.60. The Morgan fingerprint density at radius 3 is 2.72 bits per heavy atom. The predicted molar refractivity (Wildman–Crippen MR) is 77.6 cm³/mol. The molecule has 18 heavy (non-hydrogen) atoms. The van der Waals surface area contributed by atoms with Crippen molar-refractivity contribution in [3.8, 4) is 0 Å². The molecule has 0 radical (unpaired) electrons. The number of nitrogens with zero attached hydrogens (tertiary/aromatic N) is 1. The maximum absolute atomic E-state index is 13.1. The summed E-state index contributed by atoms with van der Waals surface area (Å²) in [6, 6.07) is 4.93. The van der Waals surface area contributed by atoms with E-state index in [2.05, 4.69) is 40.0 Å². The molecule has 0 aromatic heterocycles. The van der Waals surface area contributed by atoms with Crippen molar-refractivity contribution in [2.24, 2.45) is 0 Å². The molecule has 0 atom stereocenters. The fraction of sp³-hybridized carbons (Fsp3) is 0.571.